The third-order valence-electron chi connectivity index (χ3n) is 3.07. The van der Waals surface area contributed by atoms with Crippen LogP contribution in [-0.2, 0) is 6.42 Å². The molecule has 0 aliphatic rings. The maximum absolute atomic E-state index is 13.5. The molecule has 114 valence electrons. The van der Waals surface area contributed by atoms with Crippen LogP contribution in [0, 0.1) is 11.7 Å². The third kappa shape index (κ3) is 4.64. The molecule has 1 aromatic heterocycles. The van der Waals surface area contributed by atoms with Crippen molar-refractivity contribution < 1.29 is 8.81 Å². The fraction of sp³-hybridized carbons (Fsp3) is 0.438. The summed E-state index contributed by atoms with van der Waals surface area (Å²) in [5.41, 5.74) is 0.687. The second-order valence-corrected chi connectivity index (χ2v) is 6.21. The van der Waals surface area contributed by atoms with Gasteiger partial charge < -0.3 is 9.73 Å². The van der Waals surface area contributed by atoms with Crippen molar-refractivity contribution in [3.05, 3.63) is 40.6 Å². The summed E-state index contributed by atoms with van der Waals surface area (Å²) in [6.07, 6.45) is 3.39. The molecule has 1 aromatic carbocycles. The highest BCUT2D eigenvalue weighted by Gasteiger charge is 2.12. The Morgan fingerprint density at radius 1 is 1.38 bits per heavy atom. The van der Waals surface area contributed by atoms with E-state index in [4.69, 9.17) is 4.42 Å². The van der Waals surface area contributed by atoms with Gasteiger partial charge in [-0.2, -0.15) is 0 Å². The Morgan fingerprint density at radius 2 is 2.19 bits per heavy atom. The number of aryl methyl sites for hydroxylation is 1. The highest BCUT2D eigenvalue weighted by molar-refractivity contribution is 9.10. The van der Waals surface area contributed by atoms with Crippen LogP contribution in [0.15, 0.2) is 33.3 Å². The number of halogens is 2. The predicted octanol–water partition coefficient (Wildman–Crippen LogP) is 4.42. The molecule has 0 radical (unpaired) electrons. The Labute approximate surface area is 133 Å². The van der Waals surface area contributed by atoms with Crippen LogP contribution in [-0.4, -0.2) is 18.1 Å². The fourth-order valence-electron chi connectivity index (χ4n) is 2.00. The molecule has 5 heteroatoms. The lowest BCUT2D eigenvalue weighted by Gasteiger charge is -2.05. The van der Waals surface area contributed by atoms with E-state index in [1.165, 1.54) is 6.07 Å². The Kier molecular flexibility index (Phi) is 5.94. The minimum atomic E-state index is -0.302. The van der Waals surface area contributed by atoms with Gasteiger partial charge in [0, 0.05) is 12.0 Å². The zero-order valence-corrected chi connectivity index (χ0v) is 13.9. The molecule has 0 bridgehead atoms. The summed E-state index contributed by atoms with van der Waals surface area (Å²) in [6.45, 7) is 6.33. The first-order valence-corrected chi connectivity index (χ1v) is 7.97. The van der Waals surface area contributed by atoms with Crippen molar-refractivity contribution in [2.75, 3.05) is 13.1 Å². The van der Waals surface area contributed by atoms with E-state index in [1.54, 1.807) is 12.3 Å². The van der Waals surface area contributed by atoms with Crippen molar-refractivity contribution in [2.45, 2.75) is 26.7 Å². The van der Waals surface area contributed by atoms with Crippen molar-refractivity contribution in [2.24, 2.45) is 5.92 Å². The number of nitrogens with one attached hydrogen (secondary N) is 1. The number of hydrogen-bond acceptors (Lipinski definition) is 3. The van der Waals surface area contributed by atoms with Crippen LogP contribution in [0.2, 0.25) is 0 Å². The van der Waals surface area contributed by atoms with Crippen LogP contribution in [0.25, 0.3) is 11.3 Å². The monoisotopic (exact) mass is 354 g/mol. The Bertz CT molecular complexity index is 583. The molecule has 0 spiro atoms. The average molecular weight is 355 g/mol. The van der Waals surface area contributed by atoms with Crippen LogP contribution in [0.1, 0.15) is 26.2 Å². The Balaban J connectivity index is 1.91. The Morgan fingerprint density at radius 3 is 2.95 bits per heavy atom. The van der Waals surface area contributed by atoms with Gasteiger partial charge in [-0.05, 0) is 53.5 Å². The molecular formula is C16H20BrFN2O. The van der Waals surface area contributed by atoms with Crippen LogP contribution in [0.5, 0.6) is 0 Å². The van der Waals surface area contributed by atoms with Crippen molar-refractivity contribution in [1.29, 1.82) is 0 Å². The van der Waals surface area contributed by atoms with Crippen molar-refractivity contribution in [3.8, 4) is 11.3 Å². The molecule has 2 aromatic rings. The van der Waals surface area contributed by atoms with Gasteiger partial charge in [0.05, 0.1) is 10.7 Å². The molecule has 2 rings (SSSR count). The highest BCUT2D eigenvalue weighted by atomic mass is 79.9. The van der Waals surface area contributed by atoms with E-state index in [9.17, 15) is 4.39 Å². The molecule has 1 heterocycles. The molecule has 21 heavy (non-hydrogen) atoms. The van der Waals surface area contributed by atoms with Crippen molar-refractivity contribution in [3.63, 3.8) is 0 Å². The molecule has 1 N–H and O–H groups in total. The number of aromatic nitrogens is 1. The second-order valence-electron chi connectivity index (χ2n) is 5.42. The van der Waals surface area contributed by atoms with Gasteiger partial charge >= 0.3 is 0 Å². The number of nitrogens with zero attached hydrogens (tertiary/aromatic N) is 1. The topological polar surface area (TPSA) is 38.1 Å². The molecule has 0 amide bonds. The lowest BCUT2D eigenvalue weighted by Crippen LogP contribution is -2.21. The maximum atomic E-state index is 13.5. The van der Waals surface area contributed by atoms with Gasteiger partial charge in [0.15, 0.2) is 11.7 Å². The van der Waals surface area contributed by atoms with E-state index >= 15 is 0 Å². The molecule has 0 unspecified atom stereocenters. The van der Waals surface area contributed by atoms with Crippen LogP contribution < -0.4 is 5.32 Å². The number of benzene rings is 1. The molecule has 0 fully saturated rings. The second kappa shape index (κ2) is 7.71. The number of oxazole rings is 1. The summed E-state index contributed by atoms with van der Waals surface area (Å²) < 4.78 is 19.6. The smallest absolute Gasteiger partial charge is 0.194 e. The standard InChI is InChI=1S/C16H20BrFN2O/c1-11(2)9-19-8-4-7-15-20-10-14(21-15)12-5-3-6-13(18)16(12)17/h3,5-6,10-11,19H,4,7-9H2,1-2H3. The first-order chi connectivity index (χ1) is 10.1. The molecular weight excluding hydrogens is 335 g/mol. The van der Waals surface area contributed by atoms with Crippen molar-refractivity contribution >= 4 is 15.9 Å². The van der Waals surface area contributed by atoms with E-state index in [2.05, 4.69) is 40.1 Å². The normalized spacial score (nSPS) is 11.3. The van der Waals surface area contributed by atoms with Gasteiger partial charge in [0.1, 0.15) is 5.82 Å². The molecule has 3 nitrogen and oxygen atoms in total. The van der Waals surface area contributed by atoms with Crippen LogP contribution in [0.4, 0.5) is 4.39 Å². The zero-order chi connectivity index (χ0) is 15.2. The fourth-order valence-corrected chi connectivity index (χ4v) is 2.46. The lowest BCUT2D eigenvalue weighted by atomic mass is 10.2. The summed E-state index contributed by atoms with van der Waals surface area (Å²) in [6, 6.07) is 4.88. The summed E-state index contributed by atoms with van der Waals surface area (Å²) >= 11 is 3.24. The van der Waals surface area contributed by atoms with Gasteiger partial charge in [0.25, 0.3) is 0 Å². The molecule has 0 aliphatic carbocycles. The minimum Gasteiger partial charge on any atom is -0.441 e. The average Bonchev–Trinajstić information content (AvgIpc) is 2.90. The first-order valence-electron chi connectivity index (χ1n) is 7.17. The SMILES string of the molecule is CC(C)CNCCCc1ncc(-c2cccc(F)c2Br)o1. The van der Waals surface area contributed by atoms with E-state index in [-0.39, 0.29) is 5.82 Å². The summed E-state index contributed by atoms with van der Waals surface area (Å²) in [5, 5.41) is 3.38. The zero-order valence-electron chi connectivity index (χ0n) is 12.3. The van der Waals surface area contributed by atoms with Crippen LogP contribution >= 0.6 is 15.9 Å². The van der Waals surface area contributed by atoms with E-state index < -0.39 is 0 Å². The van der Waals surface area contributed by atoms with Gasteiger partial charge in [-0.15, -0.1) is 0 Å². The largest absolute Gasteiger partial charge is 0.441 e. The van der Waals surface area contributed by atoms with E-state index in [0.717, 1.165) is 25.9 Å². The van der Waals surface area contributed by atoms with Gasteiger partial charge in [0.2, 0.25) is 0 Å². The van der Waals surface area contributed by atoms with Gasteiger partial charge in [-0.3, -0.25) is 0 Å². The maximum Gasteiger partial charge on any atom is 0.194 e. The van der Waals surface area contributed by atoms with Gasteiger partial charge in [-0.25, -0.2) is 9.37 Å². The molecule has 0 atom stereocenters. The van der Waals surface area contributed by atoms with Crippen molar-refractivity contribution in [1.82, 2.24) is 10.3 Å². The number of hydrogen-bond donors (Lipinski definition) is 1. The molecule has 0 saturated heterocycles. The van der Waals surface area contributed by atoms with E-state index in [1.807, 2.05) is 6.07 Å². The number of rotatable bonds is 7. The molecule has 0 saturated carbocycles. The van der Waals surface area contributed by atoms with Crippen LogP contribution in [0.3, 0.4) is 0 Å². The summed E-state index contributed by atoms with van der Waals surface area (Å²) in [7, 11) is 0. The highest BCUT2D eigenvalue weighted by Crippen LogP contribution is 2.30. The lowest BCUT2D eigenvalue weighted by molar-refractivity contribution is 0.483. The van der Waals surface area contributed by atoms with Gasteiger partial charge in [-0.1, -0.05) is 19.9 Å². The van der Waals surface area contributed by atoms with E-state index in [0.29, 0.717) is 27.6 Å². The predicted molar refractivity (Wildman–Crippen MR) is 85.6 cm³/mol. The minimum absolute atomic E-state index is 0.302. The summed E-state index contributed by atoms with van der Waals surface area (Å²) in [5.74, 6) is 1.63. The molecule has 0 aliphatic heterocycles. The Hall–Kier alpha value is -1.20. The first kappa shape index (κ1) is 16.2. The third-order valence-corrected chi connectivity index (χ3v) is 3.87. The summed E-state index contributed by atoms with van der Waals surface area (Å²) in [4.78, 5) is 4.26. The quantitative estimate of drug-likeness (QED) is 0.747.